The van der Waals surface area contributed by atoms with Crippen molar-refractivity contribution in [1.29, 1.82) is 0 Å². The number of anilines is 2. The second-order valence-corrected chi connectivity index (χ2v) is 9.27. The molecule has 1 amide bonds. The molecule has 2 aromatic rings. The van der Waals surface area contributed by atoms with E-state index in [0.29, 0.717) is 16.6 Å². The summed E-state index contributed by atoms with van der Waals surface area (Å²) in [6.07, 6.45) is 0.791. The molecule has 3 rings (SSSR count). The standard InChI is InChI=1S/C24H33ClN4O2/c1-7-29(19-11-27(6)12-19)23-10-18(25)9-22(17(23)5)28(14-30)13-21-20(15(2)3)8-16(4)26-24(21)31/h8-10,14-15,19H,7,11-13H2,1-6H3,(H,26,31). The van der Waals surface area contributed by atoms with Gasteiger partial charge >= 0.3 is 0 Å². The molecule has 1 aromatic carbocycles. The van der Waals surface area contributed by atoms with Gasteiger partial charge in [-0.1, -0.05) is 25.4 Å². The van der Waals surface area contributed by atoms with Crippen LogP contribution in [0.3, 0.4) is 0 Å². The van der Waals surface area contributed by atoms with Gasteiger partial charge in [0.25, 0.3) is 5.56 Å². The number of nitrogens with zero attached hydrogens (tertiary/aromatic N) is 3. The molecule has 168 valence electrons. The maximum atomic E-state index is 12.8. The Kier molecular flexibility index (Phi) is 7.12. The summed E-state index contributed by atoms with van der Waals surface area (Å²) in [6, 6.07) is 6.21. The van der Waals surface area contributed by atoms with Gasteiger partial charge in [0.05, 0.1) is 18.3 Å². The van der Waals surface area contributed by atoms with Crippen LogP contribution in [0.15, 0.2) is 23.0 Å². The van der Waals surface area contributed by atoms with Crippen LogP contribution >= 0.6 is 11.6 Å². The van der Waals surface area contributed by atoms with E-state index < -0.39 is 0 Å². The molecule has 0 atom stereocenters. The van der Waals surface area contributed by atoms with Crippen LogP contribution in [0.1, 0.15) is 49.1 Å². The highest BCUT2D eigenvalue weighted by molar-refractivity contribution is 6.31. The molecular weight excluding hydrogens is 412 g/mol. The molecule has 1 aliphatic heterocycles. The van der Waals surface area contributed by atoms with Crippen molar-refractivity contribution in [2.24, 2.45) is 0 Å². The van der Waals surface area contributed by atoms with Crippen molar-refractivity contribution in [2.45, 2.75) is 53.1 Å². The number of amides is 1. The Labute approximate surface area is 189 Å². The lowest BCUT2D eigenvalue weighted by Crippen LogP contribution is -2.58. The van der Waals surface area contributed by atoms with Crippen molar-refractivity contribution in [1.82, 2.24) is 9.88 Å². The Morgan fingerprint density at radius 1 is 1.23 bits per heavy atom. The van der Waals surface area contributed by atoms with Crippen LogP contribution in [0, 0.1) is 13.8 Å². The fourth-order valence-corrected chi connectivity index (χ4v) is 4.71. The molecule has 1 aliphatic rings. The quantitative estimate of drug-likeness (QED) is 0.623. The number of hydrogen-bond acceptors (Lipinski definition) is 4. The number of H-pyrrole nitrogens is 1. The Bertz CT molecular complexity index is 1010. The van der Waals surface area contributed by atoms with Gasteiger partial charge in [-0.3, -0.25) is 9.59 Å². The number of aryl methyl sites for hydroxylation is 1. The van der Waals surface area contributed by atoms with E-state index >= 15 is 0 Å². The van der Waals surface area contributed by atoms with E-state index in [2.05, 4.69) is 42.6 Å². The average molecular weight is 445 g/mol. The van der Waals surface area contributed by atoms with Gasteiger partial charge in [0, 0.05) is 41.6 Å². The van der Waals surface area contributed by atoms with E-state index in [9.17, 15) is 9.59 Å². The molecule has 1 saturated heterocycles. The van der Waals surface area contributed by atoms with Crippen molar-refractivity contribution in [3.63, 3.8) is 0 Å². The van der Waals surface area contributed by atoms with Crippen LogP contribution in [-0.4, -0.2) is 49.0 Å². The first-order valence-corrected chi connectivity index (χ1v) is 11.2. The van der Waals surface area contributed by atoms with Gasteiger partial charge < -0.3 is 19.7 Å². The number of rotatable bonds is 8. The number of aromatic amines is 1. The van der Waals surface area contributed by atoms with Gasteiger partial charge in [-0.25, -0.2) is 0 Å². The minimum atomic E-state index is -0.150. The Hall–Kier alpha value is -2.31. The zero-order valence-electron chi connectivity index (χ0n) is 19.3. The van der Waals surface area contributed by atoms with Gasteiger partial charge in [0.1, 0.15) is 0 Å². The minimum Gasteiger partial charge on any atom is -0.366 e. The van der Waals surface area contributed by atoms with Crippen molar-refractivity contribution in [3.8, 4) is 0 Å². The molecular formula is C24H33ClN4O2. The van der Waals surface area contributed by atoms with Gasteiger partial charge in [0.2, 0.25) is 6.41 Å². The Morgan fingerprint density at radius 3 is 2.42 bits per heavy atom. The first-order valence-electron chi connectivity index (χ1n) is 10.9. The summed E-state index contributed by atoms with van der Waals surface area (Å²) in [5, 5.41) is 0.579. The normalized spacial score (nSPS) is 14.6. The van der Waals surface area contributed by atoms with Crippen LogP contribution in [0.2, 0.25) is 5.02 Å². The van der Waals surface area contributed by atoms with Crippen LogP contribution in [0.4, 0.5) is 11.4 Å². The highest BCUT2D eigenvalue weighted by Gasteiger charge is 2.30. The molecule has 0 aliphatic carbocycles. The van der Waals surface area contributed by atoms with E-state index in [0.717, 1.165) is 54.2 Å². The molecule has 0 spiro atoms. The second-order valence-electron chi connectivity index (χ2n) is 8.83. The highest BCUT2D eigenvalue weighted by Crippen LogP contribution is 2.36. The van der Waals surface area contributed by atoms with Gasteiger partial charge in [0.15, 0.2) is 0 Å². The van der Waals surface area contributed by atoms with Crippen LogP contribution < -0.4 is 15.4 Å². The van der Waals surface area contributed by atoms with E-state index in [4.69, 9.17) is 11.6 Å². The van der Waals surface area contributed by atoms with Crippen LogP contribution in [-0.2, 0) is 11.3 Å². The van der Waals surface area contributed by atoms with E-state index in [1.54, 1.807) is 4.90 Å². The number of hydrogen-bond donors (Lipinski definition) is 1. The fraction of sp³-hybridized carbons (Fsp3) is 0.500. The number of carbonyl (C=O) groups excluding carboxylic acids is 1. The van der Waals surface area contributed by atoms with E-state index in [1.165, 1.54) is 0 Å². The molecule has 1 aromatic heterocycles. The smallest absolute Gasteiger partial charge is 0.253 e. The number of benzene rings is 1. The summed E-state index contributed by atoms with van der Waals surface area (Å²) < 4.78 is 0. The molecule has 2 heterocycles. The average Bonchev–Trinajstić information content (AvgIpc) is 2.68. The molecule has 1 N–H and O–H groups in total. The summed E-state index contributed by atoms with van der Waals surface area (Å²) in [4.78, 5) is 34.0. The maximum absolute atomic E-state index is 12.8. The highest BCUT2D eigenvalue weighted by atomic mass is 35.5. The number of pyridine rings is 1. The van der Waals surface area contributed by atoms with Crippen molar-refractivity contribution >= 4 is 29.4 Å². The van der Waals surface area contributed by atoms with Crippen molar-refractivity contribution in [3.05, 3.63) is 56.0 Å². The van der Waals surface area contributed by atoms with Crippen LogP contribution in [0.25, 0.3) is 0 Å². The van der Waals surface area contributed by atoms with Crippen molar-refractivity contribution < 1.29 is 4.79 Å². The SMILES string of the molecule is CCN(c1cc(Cl)cc(N(C=O)Cc2c(C(C)C)cc(C)[nH]c2=O)c1C)C1CN(C)C1. The van der Waals surface area contributed by atoms with E-state index in [1.807, 2.05) is 32.0 Å². The first-order chi connectivity index (χ1) is 14.7. The molecule has 0 radical (unpaired) electrons. The molecule has 1 fully saturated rings. The maximum Gasteiger partial charge on any atom is 0.253 e. The number of aromatic nitrogens is 1. The molecule has 6 nitrogen and oxygen atoms in total. The summed E-state index contributed by atoms with van der Waals surface area (Å²) >= 11 is 6.51. The predicted octanol–water partition coefficient (Wildman–Crippen LogP) is 4.07. The number of halogens is 1. The summed E-state index contributed by atoms with van der Waals surface area (Å²) in [5.74, 6) is 0.173. The number of carbonyl (C=O) groups is 1. The third kappa shape index (κ3) is 4.80. The van der Waals surface area contributed by atoms with Crippen molar-refractivity contribution in [2.75, 3.05) is 36.5 Å². The monoisotopic (exact) mass is 444 g/mol. The fourth-order valence-electron chi connectivity index (χ4n) is 4.51. The lowest BCUT2D eigenvalue weighted by molar-refractivity contribution is -0.107. The summed E-state index contributed by atoms with van der Waals surface area (Å²) in [7, 11) is 2.11. The summed E-state index contributed by atoms with van der Waals surface area (Å²) in [6.45, 7) is 13.2. The van der Waals surface area contributed by atoms with Crippen LogP contribution in [0.5, 0.6) is 0 Å². The predicted molar refractivity (Wildman–Crippen MR) is 129 cm³/mol. The molecule has 7 heteroatoms. The molecule has 31 heavy (non-hydrogen) atoms. The minimum absolute atomic E-state index is 0.150. The third-order valence-corrected chi connectivity index (χ3v) is 6.36. The molecule has 0 unspecified atom stereocenters. The van der Waals surface area contributed by atoms with Gasteiger partial charge in [-0.15, -0.1) is 0 Å². The molecule has 0 saturated carbocycles. The Morgan fingerprint density at radius 2 is 1.87 bits per heavy atom. The zero-order chi connectivity index (χ0) is 22.9. The van der Waals surface area contributed by atoms with Gasteiger partial charge in [-0.2, -0.15) is 0 Å². The lowest BCUT2D eigenvalue weighted by Gasteiger charge is -2.45. The Balaban J connectivity index is 2.03. The number of nitrogens with one attached hydrogen (secondary N) is 1. The first kappa shape index (κ1) is 23.4. The third-order valence-electron chi connectivity index (χ3n) is 6.15. The topological polar surface area (TPSA) is 59.7 Å². The summed E-state index contributed by atoms with van der Waals surface area (Å²) in [5.41, 5.74) is 5.00. The molecule has 0 bridgehead atoms. The largest absolute Gasteiger partial charge is 0.366 e. The second kappa shape index (κ2) is 9.45. The number of likely N-dealkylation sites (N-methyl/N-ethyl adjacent to an activating group) is 2. The van der Waals surface area contributed by atoms with E-state index in [-0.39, 0.29) is 18.0 Å². The lowest BCUT2D eigenvalue weighted by atomic mass is 9.97. The number of likely N-dealkylation sites (tertiary alicyclic amines) is 1. The zero-order valence-corrected chi connectivity index (χ0v) is 20.1. The van der Waals surface area contributed by atoms with Gasteiger partial charge in [-0.05, 0) is 63.1 Å².